The van der Waals surface area contributed by atoms with Crippen molar-refractivity contribution in [2.75, 3.05) is 10.6 Å². The Morgan fingerprint density at radius 1 is 1.03 bits per heavy atom. The van der Waals surface area contributed by atoms with Gasteiger partial charge in [-0.2, -0.15) is 33.4 Å². The monoisotopic (exact) mass is 503 g/mol. The summed E-state index contributed by atoms with van der Waals surface area (Å²) >= 11 is 0. The lowest BCUT2D eigenvalue weighted by Crippen LogP contribution is -2.21. The van der Waals surface area contributed by atoms with Crippen molar-refractivity contribution in [3.8, 4) is 17.6 Å². The fourth-order valence-electron chi connectivity index (χ4n) is 3.93. The van der Waals surface area contributed by atoms with Gasteiger partial charge in [-0.05, 0) is 31.4 Å². The van der Waals surface area contributed by atoms with Crippen molar-refractivity contribution < 1.29 is 22.0 Å². The molecule has 1 atom stereocenters. The Balaban J connectivity index is 1.49. The molecule has 186 valence electrons. The van der Waals surface area contributed by atoms with Crippen LogP contribution < -0.4 is 10.6 Å². The number of rotatable bonds is 6. The number of nitrogens with zero attached hydrogens (tertiary/aromatic N) is 7. The molecule has 0 amide bonds. The Kier molecular flexibility index (Phi) is 5.65. The van der Waals surface area contributed by atoms with Gasteiger partial charge in [0.2, 0.25) is 17.8 Å². The third-order valence-electron chi connectivity index (χ3n) is 6.00. The lowest BCUT2D eigenvalue weighted by molar-refractivity contribution is -0.141. The lowest BCUT2D eigenvalue weighted by Gasteiger charge is -2.15. The molecule has 2 fully saturated rings. The Morgan fingerprint density at radius 3 is 2.47 bits per heavy atom. The molecule has 5 rings (SSSR count). The number of aromatic nitrogens is 6. The second kappa shape index (κ2) is 8.58. The highest BCUT2D eigenvalue weighted by molar-refractivity contribution is 5.59. The first-order valence-corrected chi connectivity index (χ1v) is 11.0. The van der Waals surface area contributed by atoms with Crippen molar-refractivity contribution in [1.29, 1.82) is 5.26 Å². The van der Waals surface area contributed by atoms with Crippen LogP contribution in [-0.4, -0.2) is 41.9 Å². The minimum absolute atomic E-state index is 0.0644. The molecule has 3 heterocycles. The van der Waals surface area contributed by atoms with E-state index >= 15 is 0 Å². The predicted molar refractivity (Wildman–Crippen MR) is 116 cm³/mol. The summed E-state index contributed by atoms with van der Waals surface area (Å²) in [6.45, 7) is 0. The standard InChI is InChI=1S/C22H18F5N9/c23-21(24)3-1-13(8-21)32-19-35-17(14-9-29-10-16(33-14)22(25,26)27)34-18(36-19)31-12-2-6-30-15(7-12)20(11-28)4-5-20/h2,6-7,9-10,13H,1,3-5,8H2,(H2,30,31,32,34,35,36)/t13-/m0/s1. The van der Waals surface area contributed by atoms with E-state index in [0.717, 1.165) is 6.20 Å². The molecule has 2 aliphatic rings. The van der Waals surface area contributed by atoms with Gasteiger partial charge in [-0.15, -0.1) is 0 Å². The molecule has 3 aromatic rings. The van der Waals surface area contributed by atoms with Gasteiger partial charge in [0.1, 0.15) is 5.69 Å². The zero-order chi connectivity index (χ0) is 25.6. The largest absolute Gasteiger partial charge is 0.434 e. The van der Waals surface area contributed by atoms with E-state index in [1.807, 2.05) is 0 Å². The van der Waals surface area contributed by atoms with Crippen molar-refractivity contribution in [2.45, 2.75) is 55.7 Å². The Morgan fingerprint density at radius 2 is 1.81 bits per heavy atom. The molecule has 36 heavy (non-hydrogen) atoms. The van der Waals surface area contributed by atoms with Gasteiger partial charge < -0.3 is 10.6 Å². The van der Waals surface area contributed by atoms with Crippen molar-refractivity contribution >= 4 is 17.6 Å². The van der Waals surface area contributed by atoms with E-state index in [1.165, 1.54) is 6.20 Å². The first kappa shape index (κ1) is 23.7. The quantitative estimate of drug-likeness (QED) is 0.463. The molecular formula is C22H18F5N9. The number of hydrogen-bond acceptors (Lipinski definition) is 9. The summed E-state index contributed by atoms with van der Waals surface area (Å²) < 4.78 is 66.8. The van der Waals surface area contributed by atoms with Crippen LogP contribution in [-0.2, 0) is 11.6 Å². The topological polar surface area (TPSA) is 125 Å². The number of pyridine rings is 1. The maximum absolute atomic E-state index is 13.7. The molecule has 3 aromatic heterocycles. The van der Waals surface area contributed by atoms with E-state index < -0.39 is 35.7 Å². The molecule has 9 nitrogen and oxygen atoms in total. The summed E-state index contributed by atoms with van der Waals surface area (Å²) in [6, 6.07) is 4.89. The second-order valence-electron chi connectivity index (χ2n) is 8.78. The van der Waals surface area contributed by atoms with Gasteiger partial charge in [-0.1, -0.05) is 0 Å². The molecule has 0 spiro atoms. The highest BCUT2D eigenvalue weighted by Crippen LogP contribution is 2.47. The van der Waals surface area contributed by atoms with Crippen LogP contribution in [0.3, 0.4) is 0 Å². The smallest absolute Gasteiger partial charge is 0.351 e. The van der Waals surface area contributed by atoms with E-state index in [4.69, 9.17) is 0 Å². The van der Waals surface area contributed by atoms with Gasteiger partial charge in [0, 0.05) is 30.8 Å². The number of alkyl halides is 5. The number of hydrogen-bond donors (Lipinski definition) is 2. The van der Waals surface area contributed by atoms with Crippen LogP contribution >= 0.6 is 0 Å². The van der Waals surface area contributed by atoms with Crippen LogP contribution in [0.4, 0.5) is 39.5 Å². The van der Waals surface area contributed by atoms with Crippen LogP contribution in [0.5, 0.6) is 0 Å². The van der Waals surface area contributed by atoms with E-state index in [0.29, 0.717) is 30.4 Å². The third kappa shape index (κ3) is 5.00. The van der Waals surface area contributed by atoms with Gasteiger partial charge in [-0.25, -0.2) is 13.8 Å². The molecular weight excluding hydrogens is 485 g/mol. The highest BCUT2D eigenvalue weighted by atomic mass is 19.4. The number of halogens is 5. The molecule has 0 aliphatic heterocycles. The maximum atomic E-state index is 13.7. The van der Waals surface area contributed by atoms with Crippen molar-refractivity contribution in [3.63, 3.8) is 0 Å². The molecule has 0 aromatic carbocycles. The zero-order valence-electron chi connectivity index (χ0n) is 18.5. The molecule has 0 radical (unpaired) electrons. The average Bonchev–Trinajstić information content (AvgIpc) is 3.56. The summed E-state index contributed by atoms with van der Waals surface area (Å²) in [5.41, 5.74) is -1.10. The fourth-order valence-corrected chi connectivity index (χ4v) is 3.93. The van der Waals surface area contributed by atoms with Crippen molar-refractivity contribution in [1.82, 2.24) is 29.9 Å². The van der Waals surface area contributed by atoms with Crippen molar-refractivity contribution in [2.24, 2.45) is 0 Å². The van der Waals surface area contributed by atoms with Gasteiger partial charge in [0.15, 0.2) is 11.5 Å². The normalized spacial score (nSPS) is 19.9. The van der Waals surface area contributed by atoms with E-state index in [2.05, 4.69) is 46.6 Å². The number of nitrogens with one attached hydrogen (secondary N) is 2. The average molecular weight is 503 g/mol. The third-order valence-corrected chi connectivity index (χ3v) is 6.00. The van der Waals surface area contributed by atoms with Gasteiger partial charge in [-0.3, -0.25) is 9.97 Å². The summed E-state index contributed by atoms with van der Waals surface area (Å²) in [5.74, 6) is -3.23. The summed E-state index contributed by atoms with van der Waals surface area (Å²) in [7, 11) is 0. The Labute approximate surface area is 201 Å². The van der Waals surface area contributed by atoms with Crippen LogP contribution in [0.25, 0.3) is 11.5 Å². The number of anilines is 3. The second-order valence-corrected chi connectivity index (χ2v) is 8.78. The molecule has 2 saturated carbocycles. The minimum atomic E-state index is -4.74. The van der Waals surface area contributed by atoms with Crippen LogP contribution in [0, 0.1) is 11.3 Å². The molecule has 2 aliphatic carbocycles. The van der Waals surface area contributed by atoms with Gasteiger partial charge in [0.05, 0.1) is 29.6 Å². The lowest BCUT2D eigenvalue weighted by atomic mass is 10.0. The Bertz CT molecular complexity index is 1330. The minimum Gasteiger partial charge on any atom is -0.351 e. The maximum Gasteiger partial charge on any atom is 0.434 e. The molecule has 0 saturated heterocycles. The molecule has 0 bridgehead atoms. The summed E-state index contributed by atoms with van der Waals surface area (Å²) in [5, 5.41) is 15.2. The first-order valence-electron chi connectivity index (χ1n) is 11.0. The first-order chi connectivity index (χ1) is 17.1. The van der Waals surface area contributed by atoms with Crippen LogP contribution in [0.1, 0.15) is 43.5 Å². The van der Waals surface area contributed by atoms with Gasteiger partial charge in [0.25, 0.3) is 0 Å². The Hall–Kier alpha value is -4.02. The predicted octanol–water partition coefficient (Wildman–Crippen LogP) is 4.64. The molecule has 14 heteroatoms. The zero-order valence-corrected chi connectivity index (χ0v) is 18.5. The SMILES string of the molecule is N#CC1(c2cc(Nc3nc(N[C@H]4CCC(F)(F)C4)nc(-c4cncc(C(F)(F)F)n4)n3)ccn2)CC1. The molecule has 0 unspecified atom stereocenters. The summed E-state index contributed by atoms with van der Waals surface area (Å²) in [4.78, 5) is 23.9. The summed E-state index contributed by atoms with van der Waals surface area (Å²) in [6.07, 6.45) is -0.771. The number of nitriles is 1. The fraction of sp³-hybridized carbons (Fsp3) is 0.409. The van der Waals surface area contributed by atoms with E-state index in [1.54, 1.807) is 12.1 Å². The highest BCUT2D eigenvalue weighted by Gasteiger charge is 2.46. The van der Waals surface area contributed by atoms with Crippen LogP contribution in [0.15, 0.2) is 30.7 Å². The van der Waals surface area contributed by atoms with Crippen molar-refractivity contribution in [3.05, 3.63) is 42.1 Å². The van der Waals surface area contributed by atoms with E-state index in [-0.39, 0.29) is 36.3 Å². The van der Waals surface area contributed by atoms with Gasteiger partial charge >= 0.3 is 6.18 Å². The molecule has 2 N–H and O–H groups in total. The van der Waals surface area contributed by atoms with E-state index in [9.17, 15) is 27.2 Å². The van der Waals surface area contributed by atoms with Crippen LogP contribution in [0.2, 0.25) is 0 Å².